The zero-order valence-corrected chi connectivity index (χ0v) is 16.8. The van der Waals surface area contributed by atoms with Crippen molar-refractivity contribution in [3.63, 3.8) is 0 Å². The van der Waals surface area contributed by atoms with Crippen LogP contribution in [-0.4, -0.2) is 43.9 Å². The molecular weight excluding hydrogens is 394 g/mol. The normalized spacial score (nSPS) is 11.6. The third-order valence-corrected chi connectivity index (χ3v) is 5.31. The van der Waals surface area contributed by atoms with Crippen molar-refractivity contribution < 1.29 is 9.53 Å². The lowest BCUT2D eigenvalue weighted by atomic mass is 10.1. The highest BCUT2D eigenvalue weighted by Gasteiger charge is 2.24. The van der Waals surface area contributed by atoms with E-state index in [1.54, 1.807) is 30.0 Å². The number of fused-ring (bicyclic) bond motifs is 2. The number of carbonyl (C=O) groups is 1. The summed E-state index contributed by atoms with van der Waals surface area (Å²) in [6.07, 6.45) is 2.18. The minimum atomic E-state index is -0.503. The Morgan fingerprint density at radius 2 is 2.10 bits per heavy atom. The Morgan fingerprint density at radius 1 is 1.31 bits per heavy atom. The van der Waals surface area contributed by atoms with E-state index in [4.69, 9.17) is 32.9 Å². The number of nitrogens with two attached hydrogens (primary N) is 2. The standard InChI is InChI=1S/C19H20ClN7O2/c1-26-12-8-10(18(22)28)4-5-11(12)14(20)16(26)15-13-17(21)23-9-24-19(13)27(25-15)6-3-7-29-2/h4-5,8-9H,3,6-7H2,1-2H3,(H2,22,28)(H2,21,23,24). The second-order valence-electron chi connectivity index (χ2n) is 6.69. The summed E-state index contributed by atoms with van der Waals surface area (Å²) in [5.74, 6) is -0.182. The van der Waals surface area contributed by atoms with Crippen LogP contribution in [0.4, 0.5) is 5.82 Å². The average molecular weight is 414 g/mol. The SMILES string of the molecule is COCCCn1nc(-c2c(Cl)c3ccc(C(N)=O)cc3n2C)c2c(N)ncnc21. The van der Waals surface area contributed by atoms with Crippen LogP contribution in [0.15, 0.2) is 24.5 Å². The molecule has 0 atom stereocenters. The quantitative estimate of drug-likeness (QED) is 0.467. The zero-order valence-electron chi connectivity index (χ0n) is 16.0. The van der Waals surface area contributed by atoms with Crippen molar-refractivity contribution in [2.75, 3.05) is 19.5 Å². The molecule has 0 aliphatic carbocycles. The fourth-order valence-electron chi connectivity index (χ4n) is 3.52. The first-order chi connectivity index (χ1) is 13.9. The summed E-state index contributed by atoms with van der Waals surface area (Å²) >= 11 is 6.73. The van der Waals surface area contributed by atoms with Crippen LogP contribution in [-0.2, 0) is 18.3 Å². The minimum absolute atomic E-state index is 0.321. The van der Waals surface area contributed by atoms with E-state index in [1.165, 1.54) is 6.33 Å². The first kappa shape index (κ1) is 19.2. The lowest BCUT2D eigenvalue weighted by Crippen LogP contribution is -2.10. The van der Waals surface area contributed by atoms with Crippen molar-refractivity contribution in [1.82, 2.24) is 24.3 Å². The Morgan fingerprint density at radius 3 is 2.83 bits per heavy atom. The van der Waals surface area contributed by atoms with Crippen LogP contribution < -0.4 is 11.5 Å². The molecule has 3 heterocycles. The van der Waals surface area contributed by atoms with Gasteiger partial charge in [-0.3, -0.25) is 4.79 Å². The van der Waals surface area contributed by atoms with Gasteiger partial charge in [-0.25, -0.2) is 14.6 Å². The Kier molecular flexibility index (Phi) is 4.85. The molecule has 0 aliphatic heterocycles. The van der Waals surface area contributed by atoms with Gasteiger partial charge in [0.05, 0.1) is 21.6 Å². The maximum absolute atomic E-state index is 11.6. The lowest BCUT2D eigenvalue weighted by molar-refractivity contribution is 0.100. The molecule has 9 nitrogen and oxygen atoms in total. The van der Waals surface area contributed by atoms with E-state index in [2.05, 4.69) is 9.97 Å². The summed E-state index contributed by atoms with van der Waals surface area (Å²) in [6, 6.07) is 5.14. The third kappa shape index (κ3) is 3.08. The number of nitrogen functional groups attached to an aromatic ring is 1. The summed E-state index contributed by atoms with van der Waals surface area (Å²) in [6.45, 7) is 1.20. The number of amides is 1. The van der Waals surface area contributed by atoms with Gasteiger partial charge in [-0.1, -0.05) is 17.7 Å². The number of ether oxygens (including phenoxy) is 1. The number of hydrogen-bond acceptors (Lipinski definition) is 6. The highest BCUT2D eigenvalue weighted by Crippen LogP contribution is 2.40. The molecule has 0 bridgehead atoms. The number of rotatable bonds is 6. The van der Waals surface area contributed by atoms with E-state index in [9.17, 15) is 4.79 Å². The van der Waals surface area contributed by atoms with Gasteiger partial charge in [-0.2, -0.15) is 5.10 Å². The van der Waals surface area contributed by atoms with Gasteiger partial charge in [0.2, 0.25) is 5.91 Å². The Labute approximate surface area is 171 Å². The molecule has 1 aromatic carbocycles. The molecule has 29 heavy (non-hydrogen) atoms. The van der Waals surface area contributed by atoms with Gasteiger partial charge in [0.25, 0.3) is 0 Å². The number of carbonyl (C=O) groups excluding carboxylic acids is 1. The second kappa shape index (κ2) is 7.34. The molecule has 4 aromatic rings. The topological polar surface area (TPSA) is 127 Å². The average Bonchev–Trinajstić information content (AvgIpc) is 3.18. The van der Waals surface area contributed by atoms with E-state index in [-0.39, 0.29) is 0 Å². The fourth-order valence-corrected chi connectivity index (χ4v) is 3.89. The number of hydrogen-bond donors (Lipinski definition) is 2. The summed E-state index contributed by atoms with van der Waals surface area (Å²) < 4.78 is 8.79. The van der Waals surface area contributed by atoms with Gasteiger partial charge in [0, 0.05) is 38.3 Å². The minimum Gasteiger partial charge on any atom is -0.385 e. The molecule has 0 fully saturated rings. The van der Waals surface area contributed by atoms with Crippen molar-refractivity contribution >= 4 is 45.3 Å². The summed E-state index contributed by atoms with van der Waals surface area (Å²) in [5, 5.41) is 6.67. The molecule has 10 heteroatoms. The molecule has 0 saturated carbocycles. The number of methoxy groups -OCH3 is 1. The van der Waals surface area contributed by atoms with Gasteiger partial charge in [0.15, 0.2) is 5.65 Å². The van der Waals surface area contributed by atoms with Crippen LogP contribution in [0, 0.1) is 0 Å². The first-order valence-electron chi connectivity index (χ1n) is 8.98. The maximum Gasteiger partial charge on any atom is 0.248 e. The molecule has 0 spiro atoms. The number of aryl methyl sites for hydroxylation is 2. The summed E-state index contributed by atoms with van der Waals surface area (Å²) in [5.41, 5.74) is 14.6. The van der Waals surface area contributed by atoms with Crippen molar-refractivity contribution in [2.45, 2.75) is 13.0 Å². The monoisotopic (exact) mass is 413 g/mol. The molecule has 1 amide bonds. The van der Waals surface area contributed by atoms with Crippen LogP contribution in [0.5, 0.6) is 0 Å². The summed E-state index contributed by atoms with van der Waals surface area (Å²) in [4.78, 5) is 20.1. The van der Waals surface area contributed by atoms with Gasteiger partial charge in [-0.15, -0.1) is 0 Å². The molecule has 0 radical (unpaired) electrons. The van der Waals surface area contributed by atoms with Crippen LogP contribution in [0.1, 0.15) is 16.8 Å². The largest absolute Gasteiger partial charge is 0.385 e. The molecule has 4 N–H and O–H groups in total. The Balaban J connectivity index is 1.97. The molecule has 0 unspecified atom stereocenters. The van der Waals surface area contributed by atoms with Crippen LogP contribution >= 0.6 is 11.6 Å². The van der Waals surface area contributed by atoms with Crippen molar-refractivity contribution in [1.29, 1.82) is 0 Å². The number of primary amides is 1. The second-order valence-corrected chi connectivity index (χ2v) is 7.07. The lowest BCUT2D eigenvalue weighted by Gasteiger charge is -2.04. The Hall–Kier alpha value is -3.17. The van der Waals surface area contributed by atoms with E-state index in [0.29, 0.717) is 52.0 Å². The maximum atomic E-state index is 11.6. The number of anilines is 1. The molecule has 3 aromatic heterocycles. The number of aromatic nitrogens is 5. The third-order valence-electron chi connectivity index (χ3n) is 4.92. The molecule has 4 rings (SSSR count). The predicted molar refractivity (Wildman–Crippen MR) is 112 cm³/mol. The van der Waals surface area contributed by atoms with Crippen molar-refractivity contribution in [3.8, 4) is 11.4 Å². The molecule has 150 valence electrons. The number of halogens is 1. The van der Waals surface area contributed by atoms with Crippen LogP contribution in [0.3, 0.4) is 0 Å². The fraction of sp³-hybridized carbons (Fsp3) is 0.263. The highest BCUT2D eigenvalue weighted by molar-refractivity contribution is 6.39. The van der Waals surface area contributed by atoms with Gasteiger partial charge < -0.3 is 20.8 Å². The number of nitrogens with zero attached hydrogens (tertiary/aromatic N) is 5. The zero-order chi connectivity index (χ0) is 20.7. The van der Waals surface area contributed by atoms with E-state index >= 15 is 0 Å². The van der Waals surface area contributed by atoms with Gasteiger partial charge in [-0.05, 0) is 18.6 Å². The van der Waals surface area contributed by atoms with Crippen LogP contribution in [0.2, 0.25) is 5.02 Å². The summed E-state index contributed by atoms with van der Waals surface area (Å²) in [7, 11) is 3.51. The van der Waals surface area contributed by atoms with Crippen molar-refractivity contribution in [3.05, 3.63) is 35.1 Å². The van der Waals surface area contributed by atoms with E-state index in [1.807, 2.05) is 11.6 Å². The Bertz CT molecular complexity index is 1240. The molecule has 0 aliphatic rings. The van der Waals surface area contributed by atoms with Gasteiger partial charge in [0.1, 0.15) is 17.8 Å². The van der Waals surface area contributed by atoms with Crippen LogP contribution in [0.25, 0.3) is 33.3 Å². The first-order valence-corrected chi connectivity index (χ1v) is 9.35. The molecular formula is C19H20ClN7O2. The van der Waals surface area contributed by atoms with E-state index in [0.717, 1.165) is 17.3 Å². The van der Waals surface area contributed by atoms with Gasteiger partial charge >= 0.3 is 0 Å². The number of benzene rings is 1. The van der Waals surface area contributed by atoms with Crippen molar-refractivity contribution in [2.24, 2.45) is 12.8 Å². The predicted octanol–water partition coefficient (Wildman–Crippen LogP) is 2.36. The van der Waals surface area contributed by atoms with E-state index < -0.39 is 5.91 Å². The smallest absolute Gasteiger partial charge is 0.248 e. The highest BCUT2D eigenvalue weighted by atomic mass is 35.5. The molecule has 0 saturated heterocycles.